The number of fused-ring (bicyclic) bond motifs is 1. The van der Waals surface area contributed by atoms with Crippen molar-refractivity contribution in [3.8, 4) is 0 Å². The Kier molecular flexibility index (Phi) is 3.18. The summed E-state index contributed by atoms with van der Waals surface area (Å²) in [6.07, 6.45) is 0. The molecule has 0 fully saturated rings. The molecular weight excluding hydrogens is 349 g/mol. The summed E-state index contributed by atoms with van der Waals surface area (Å²) in [5.74, 6) is 0.568. The minimum Gasteiger partial charge on any atom is -0.369 e. The van der Waals surface area contributed by atoms with E-state index in [1.807, 2.05) is 0 Å². The highest BCUT2D eigenvalue weighted by molar-refractivity contribution is 14.1. The summed E-state index contributed by atoms with van der Waals surface area (Å²) >= 11 is 2.29. The van der Waals surface area contributed by atoms with Gasteiger partial charge in [0.05, 0.1) is 17.6 Å². The number of nitrogen functional groups attached to an aromatic ring is 1. The molecule has 3 rings (SSSR count). The second-order valence-electron chi connectivity index (χ2n) is 4.68. The van der Waals surface area contributed by atoms with E-state index in [0.29, 0.717) is 5.95 Å². The summed E-state index contributed by atoms with van der Waals surface area (Å²) < 4.78 is 3.23. The number of hydrogen-bond donors (Lipinski definition) is 1. The number of anilines is 1. The molecule has 1 heterocycles. The Balaban J connectivity index is 2.07. The van der Waals surface area contributed by atoms with Crippen molar-refractivity contribution in [2.45, 2.75) is 13.5 Å². The van der Waals surface area contributed by atoms with E-state index >= 15 is 0 Å². The second-order valence-corrected chi connectivity index (χ2v) is 5.92. The fourth-order valence-electron chi connectivity index (χ4n) is 2.28. The molecule has 0 amide bonds. The zero-order valence-corrected chi connectivity index (χ0v) is 12.8. The molecule has 1 aromatic heterocycles. The summed E-state index contributed by atoms with van der Waals surface area (Å²) in [7, 11) is 0. The molecule has 96 valence electrons. The topological polar surface area (TPSA) is 43.8 Å². The minimum absolute atomic E-state index is 0.568. The van der Waals surface area contributed by atoms with Crippen molar-refractivity contribution in [2.75, 3.05) is 5.73 Å². The van der Waals surface area contributed by atoms with Crippen LogP contribution in [0.2, 0.25) is 0 Å². The Morgan fingerprint density at radius 3 is 2.84 bits per heavy atom. The maximum absolute atomic E-state index is 6.04. The molecule has 0 spiro atoms. The van der Waals surface area contributed by atoms with Gasteiger partial charge in [-0.05, 0) is 53.3 Å². The van der Waals surface area contributed by atoms with E-state index < -0.39 is 0 Å². The molecule has 19 heavy (non-hydrogen) atoms. The molecule has 0 aliphatic heterocycles. The first-order valence-electron chi connectivity index (χ1n) is 6.10. The summed E-state index contributed by atoms with van der Waals surface area (Å²) in [6.45, 7) is 2.85. The molecule has 3 aromatic rings. The molecule has 0 unspecified atom stereocenters. The molecule has 0 radical (unpaired) electrons. The number of aryl methyl sites for hydroxylation is 1. The van der Waals surface area contributed by atoms with Gasteiger partial charge in [-0.1, -0.05) is 29.8 Å². The van der Waals surface area contributed by atoms with Crippen LogP contribution in [-0.4, -0.2) is 9.55 Å². The van der Waals surface area contributed by atoms with Gasteiger partial charge in [-0.3, -0.25) is 0 Å². The van der Waals surface area contributed by atoms with Crippen LogP contribution < -0.4 is 5.73 Å². The predicted molar refractivity (Wildman–Crippen MR) is 87.1 cm³/mol. The number of benzene rings is 2. The van der Waals surface area contributed by atoms with Crippen molar-refractivity contribution in [1.82, 2.24) is 9.55 Å². The SMILES string of the molecule is Cc1cccc(Cn2c(N)nc3cc(I)ccc32)c1. The number of aromatic nitrogens is 2. The largest absolute Gasteiger partial charge is 0.369 e. The van der Waals surface area contributed by atoms with E-state index in [1.165, 1.54) is 14.7 Å². The Labute approximate surface area is 125 Å². The first kappa shape index (κ1) is 12.5. The first-order chi connectivity index (χ1) is 9.13. The van der Waals surface area contributed by atoms with Crippen LogP contribution >= 0.6 is 22.6 Å². The lowest BCUT2D eigenvalue weighted by atomic mass is 10.1. The van der Waals surface area contributed by atoms with Crippen LogP contribution in [0.5, 0.6) is 0 Å². The van der Waals surface area contributed by atoms with E-state index in [0.717, 1.165) is 17.6 Å². The maximum Gasteiger partial charge on any atom is 0.201 e. The van der Waals surface area contributed by atoms with Gasteiger partial charge in [0.15, 0.2) is 0 Å². The molecule has 0 atom stereocenters. The number of imidazole rings is 1. The van der Waals surface area contributed by atoms with Crippen molar-refractivity contribution in [3.05, 3.63) is 57.2 Å². The summed E-state index contributed by atoms with van der Waals surface area (Å²) in [5, 5.41) is 0. The van der Waals surface area contributed by atoms with Crippen LogP contribution in [0.25, 0.3) is 11.0 Å². The monoisotopic (exact) mass is 363 g/mol. The standard InChI is InChI=1S/C15H14IN3/c1-10-3-2-4-11(7-10)9-19-14-6-5-12(16)8-13(14)18-15(19)17/h2-8H,9H2,1H3,(H2,17,18). The highest BCUT2D eigenvalue weighted by Gasteiger charge is 2.08. The van der Waals surface area contributed by atoms with Crippen LogP contribution in [-0.2, 0) is 6.54 Å². The fourth-order valence-corrected chi connectivity index (χ4v) is 2.76. The van der Waals surface area contributed by atoms with Gasteiger partial charge < -0.3 is 10.3 Å². The van der Waals surface area contributed by atoms with Crippen molar-refractivity contribution in [1.29, 1.82) is 0 Å². The van der Waals surface area contributed by atoms with E-state index in [9.17, 15) is 0 Å². The molecule has 0 bridgehead atoms. The van der Waals surface area contributed by atoms with E-state index in [2.05, 4.69) is 81.5 Å². The summed E-state index contributed by atoms with van der Waals surface area (Å²) in [6, 6.07) is 14.7. The fraction of sp³-hybridized carbons (Fsp3) is 0.133. The number of rotatable bonds is 2. The smallest absolute Gasteiger partial charge is 0.201 e. The van der Waals surface area contributed by atoms with Crippen LogP contribution in [0.4, 0.5) is 5.95 Å². The van der Waals surface area contributed by atoms with Gasteiger partial charge in [-0.2, -0.15) is 0 Å². The van der Waals surface area contributed by atoms with Gasteiger partial charge in [0.1, 0.15) is 0 Å². The average Bonchev–Trinajstić information content (AvgIpc) is 2.65. The number of hydrogen-bond acceptors (Lipinski definition) is 2. The second kappa shape index (κ2) is 4.85. The minimum atomic E-state index is 0.568. The molecule has 0 saturated carbocycles. The normalized spacial score (nSPS) is 11.1. The Morgan fingerprint density at radius 2 is 2.05 bits per heavy atom. The molecule has 4 heteroatoms. The van der Waals surface area contributed by atoms with Gasteiger partial charge in [0.25, 0.3) is 0 Å². The van der Waals surface area contributed by atoms with E-state index in [-0.39, 0.29) is 0 Å². The molecule has 0 saturated heterocycles. The highest BCUT2D eigenvalue weighted by atomic mass is 127. The molecule has 0 aliphatic rings. The Morgan fingerprint density at radius 1 is 1.21 bits per heavy atom. The van der Waals surface area contributed by atoms with E-state index in [4.69, 9.17) is 5.73 Å². The van der Waals surface area contributed by atoms with Crippen molar-refractivity contribution >= 4 is 39.6 Å². The Bertz CT molecular complexity index is 746. The third-order valence-electron chi connectivity index (χ3n) is 3.16. The van der Waals surface area contributed by atoms with E-state index in [1.54, 1.807) is 0 Å². The number of nitrogens with two attached hydrogens (primary N) is 1. The summed E-state index contributed by atoms with van der Waals surface area (Å²) in [4.78, 5) is 4.43. The molecule has 0 aliphatic carbocycles. The first-order valence-corrected chi connectivity index (χ1v) is 7.18. The number of nitrogens with zero attached hydrogens (tertiary/aromatic N) is 2. The lowest BCUT2D eigenvalue weighted by Crippen LogP contribution is -2.04. The van der Waals surface area contributed by atoms with Gasteiger partial charge in [0, 0.05) is 3.57 Å². The summed E-state index contributed by atoms with van der Waals surface area (Å²) in [5.41, 5.74) is 10.6. The van der Waals surface area contributed by atoms with Crippen LogP contribution in [0, 0.1) is 10.5 Å². The molecule has 2 aromatic carbocycles. The Hall–Kier alpha value is -1.56. The van der Waals surface area contributed by atoms with Crippen LogP contribution in [0.3, 0.4) is 0 Å². The van der Waals surface area contributed by atoms with Gasteiger partial charge in [-0.25, -0.2) is 4.98 Å². The maximum atomic E-state index is 6.04. The average molecular weight is 363 g/mol. The zero-order valence-electron chi connectivity index (χ0n) is 10.6. The van der Waals surface area contributed by atoms with Crippen LogP contribution in [0.1, 0.15) is 11.1 Å². The predicted octanol–water partition coefficient (Wildman–Crippen LogP) is 3.58. The molecule has 3 nitrogen and oxygen atoms in total. The van der Waals surface area contributed by atoms with Crippen molar-refractivity contribution in [3.63, 3.8) is 0 Å². The lowest BCUT2D eigenvalue weighted by molar-refractivity contribution is 0.837. The van der Waals surface area contributed by atoms with Gasteiger partial charge >= 0.3 is 0 Å². The van der Waals surface area contributed by atoms with Gasteiger partial charge in [-0.15, -0.1) is 0 Å². The quantitative estimate of drug-likeness (QED) is 0.708. The third kappa shape index (κ3) is 2.45. The molecular formula is C15H14IN3. The lowest BCUT2D eigenvalue weighted by Gasteiger charge is -2.07. The molecule has 2 N–H and O–H groups in total. The number of halogens is 1. The van der Waals surface area contributed by atoms with Crippen molar-refractivity contribution < 1.29 is 0 Å². The van der Waals surface area contributed by atoms with Crippen molar-refractivity contribution in [2.24, 2.45) is 0 Å². The van der Waals surface area contributed by atoms with Crippen LogP contribution in [0.15, 0.2) is 42.5 Å². The highest BCUT2D eigenvalue weighted by Crippen LogP contribution is 2.21. The third-order valence-corrected chi connectivity index (χ3v) is 3.83. The zero-order chi connectivity index (χ0) is 13.4. The van der Waals surface area contributed by atoms with Gasteiger partial charge in [0.2, 0.25) is 5.95 Å².